The summed E-state index contributed by atoms with van der Waals surface area (Å²) in [5, 5.41) is 12.5. The number of rotatable bonds is 6. The third-order valence-electron chi connectivity index (χ3n) is 3.91. The molecule has 0 aliphatic carbocycles. The standard InChI is InChI=1S/C19H18F3NO5/c20-19(21,22)12-3-1-4-14(9-12)28-11-13(24)10-23-18(25)15-5-2-6-16-17(15)27-8-7-26-16/h1-6,9,13,24H,7-8,10-11H2,(H,23,25). The minimum Gasteiger partial charge on any atom is -0.491 e. The van der Waals surface area contributed by atoms with Gasteiger partial charge >= 0.3 is 6.18 Å². The molecule has 1 amide bonds. The van der Waals surface area contributed by atoms with E-state index >= 15 is 0 Å². The summed E-state index contributed by atoms with van der Waals surface area (Å²) in [5.74, 6) is 0.302. The van der Waals surface area contributed by atoms with Crippen LogP contribution < -0.4 is 19.5 Å². The summed E-state index contributed by atoms with van der Waals surface area (Å²) in [4.78, 5) is 12.3. The van der Waals surface area contributed by atoms with Gasteiger partial charge in [0.15, 0.2) is 11.5 Å². The smallest absolute Gasteiger partial charge is 0.416 e. The molecule has 2 N–H and O–H groups in total. The molecule has 0 bridgehead atoms. The first-order valence-electron chi connectivity index (χ1n) is 8.49. The summed E-state index contributed by atoms with van der Waals surface area (Å²) in [7, 11) is 0. The summed E-state index contributed by atoms with van der Waals surface area (Å²) in [6, 6.07) is 9.24. The number of alkyl halides is 3. The highest BCUT2D eigenvalue weighted by Gasteiger charge is 2.30. The first-order chi connectivity index (χ1) is 13.3. The van der Waals surface area contributed by atoms with Crippen molar-refractivity contribution in [3.63, 3.8) is 0 Å². The highest BCUT2D eigenvalue weighted by atomic mass is 19.4. The Bertz CT molecular complexity index is 841. The van der Waals surface area contributed by atoms with Crippen LogP contribution in [0.15, 0.2) is 42.5 Å². The maximum absolute atomic E-state index is 12.7. The molecule has 0 fully saturated rings. The number of aliphatic hydroxyl groups is 1. The molecule has 0 saturated carbocycles. The average Bonchev–Trinajstić information content (AvgIpc) is 2.69. The normalized spacial score (nSPS) is 14.3. The monoisotopic (exact) mass is 397 g/mol. The van der Waals surface area contributed by atoms with E-state index in [1.54, 1.807) is 18.2 Å². The van der Waals surface area contributed by atoms with Crippen molar-refractivity contribution in [1.29, 1.82) is 0 Å². The Labute approximate surface area is 158 Å². The molecule has 1 atom stereocenters. The summed E-state index contributed by atoms with van der Waals surface area (Å²) < 4.78 is 54.1. The molecule has 1 heterocycles. The van der Waals surface area contributed by atoms with E-state index in [9.17, 15) is 23.1 Å². The minimum atomic E-state index is -4.48. The number of benzene rings is 2. The van der Waals surface area contributed by atoms with Crippen LogP contribution in [0.25, 0.3) is 0 Å². The lowest BCUT2D eigenvalue weighted by molar-refractivity contribution is -0.137. The van der Waals surface area contributed by atoms with Gasteiger partial charge in [-0.25, -0.2) is 0 Å². The topological polar surface area (TPSA) is 77.0 Å². The molecule has 2 aromatic rings. The molecule has 1 aliphatic rings. The average molecular weight is 397 g/mol. The second kappa shape index (κ2) is 8.39. The van der Waals surface area contributed by atoms with Gasteiger partial charge in [0.25, 0.3) is 5.91 Å². The number of aliphatic hydroxyl groups excluding tert-OH is 1. The van der Waals surface area contributed by atoms with Gasteiger partial charge in [-0.15, -0.1) is 0 Å². The highest BCUT2D eigenvalue weighted by molar-refractivity contribution is 5.97. The number of carbonyl (C=O) groups is 1. The van der Waals surface area contributed by atoms with Crippen LogP contribution in [0, 0.1) is 0 Å². The van der Waals surface area contributed by atoms with Gasteiger partial charge in [0.05, 0.1) is 11.1 Å². The van der Waals surface area contributed by atoms with Crippen LogP contribution in [0.4, 0.5) is 13.2 Å². The third kappa shape index (κ3) is 4.86. The van der Waals surface area contributed by atoms with Crippen LogP contribution in [-0.2, 0) is 6.18 Å². The highest BCUT2D eigenvalue weighted by Crippen LogP contribution is 2.33. The summed E-state index contributed by atoms with van der Waals surface area (Å²) in [5.41, 5.74) is -0.577. The molecule has 150 valence electrons. The molecule has 3 rings (SSSR count). The summed E-state index contributed by atoms with van der Waals surface area (Å²) in [6.07, 6.45) is -5.60. The van der Waals surface area contributed by atoms with Gasteiger partial charge in [0.2, 0.25) is 0 Å². The van der Waals surface area contributed by atoms with Crippen LogP contribution in [0.5, 0.6) is 17.2 Å². The number of ether oxygens (including phenoxy) is 3. The quantitative estimate of drug-likeness (QED) is 0.784. The van der Waals surface area contributed by atoms with Gasteiger partial charge in [0, 0.05) is 6.54 Å². The van der Waals surface area contributed by atoms with Crippen molar-refractivity contribution in [2.75, 3.05) is 26.4 Å². The largest absolute Gasteiger partial charge is 0.491 e. The first kappa shape index (κ1) is 19.8. The van der Waals surface area contributed by atoms with Gasteiger partial charge in [-0.05, 0) is 30.3 Å². The number of hydrogen-bond acceptors (Lipinski definition) is 5. The van der Waals surface area contributed by atoms with Gasteiger partial charge in [-0.1, -0.05) is 12.1 Å². The molecular formula is C19H18F3NO5. The first-order valence-corrected chi connectivity index (χ1v) is 8.49. The van der Waals surface area contributed by atoms with E-state index in [2.05, 4.69) is 5.32 Å². The van der Waals surface area contributed by atoms with Crippen molar-refractivity contribution in [3.8, 4) is 17.2 Å². The fourth-order valence-corrected chi connectivity index (χ4v) is 2.57. The lowest BCUT2D eigenvalue weighted by Crippen LogP contribution is -2.35. The Morgan fingerprint density at radius 2 is 1.93 bits per heavy atom. The molecule has 2 aromatic carbocycles. The lowest BCUT2D eigenvalue weighted by Gasteiger charge is -2.21. The Hall–Kier alpha value is -2.94. The van der Waals surface area contributed by atoms with E-state index in [1.807, 2.05) is 0 Å². The molecular weight excluding hydrogens is 379 g/mol. The van der Waals surface area contributed by atoms with E-state index in [1.165, 1.54) is 12.1 Å². The number of halogens is 3. The maximum Gasteiger partial charge on any atom is 0.416 e. The van der Waals surface area contributed by atoms with Crippen molar-refractivity contribution >= 4 is 5.91 Å². The molecule has 0 spiro atoms. The van der Waals surface area contributed by atoms with Crippen LogP contribution >= 0.6 is 0 Å². The Kier molecular flexibility index (Phi) is 5.93. The van der Waals surface area contributed by atoms with Gasteiger partial charge in [-0.3, -0.25) is 4.79 Å². The maximum atomic E-state index is 12.7. The zero-order chi connectivity index (χ0) is 20.1. The van der Waals surface area contributed by atoms with Crippen LogP contribution in [0.1, 0.15) is 15.9 Å². The van der Waals surface area contributed by atoms with E-state index < -0.39 is 23.8 Å². The molecule has 28 heavy (non-hydrogen) atoms. The van der Waals surface area contributed by atoms with Crippen molar-refractivity contribution in [2.45, 2.75) is 12.3 Å². The molecule has 1 unspecified atom stereocenters. The van der Waals surface area contributed by atoms with Crippen LogP contribution in [0.3, 0.4) is 0 Å². The van der Waals surface area contributed by atoms with E-state index in [0.717, 1.165) is 12.1 Å². The van der Waals surface area contributed by atoms with Crippen molar-refractivity contribution in [3.05, 3.63) is 53.6 Å². The zero-order valence-corrected chi connectivity index (χ0v) is 14.7. The Morgan fingerprint density at radius 3 is 2.71 bits per heavy atom. The van der Waals surface area contributed by atoms with Crippen molar-refractivity contribution in [2.24, 2.45) is 0 Å². The molecule has 9 heteroatoms. The number of amides is 1. The Balaban J connectivity index is 1.52. The summed E-state index contributed by atoms with van der Waals surface area (Å²) >= 11 is 0. The van der Waals surface area contributed by atoms with Crippen molar-refractivity contribution in [1.82, 2.24) is 5.32 Å². The fraction of sp³-hybridized carbons (Fsp3) is 0.316. The number of carbonyl (C=O) groups excluding carboxylic acids is 1. The molecule has 6 nitrogen and oxygen atoms in total. The number of fused-ring (bicyclic) bond motifs is 1. The van der Waals surface area contributed by atoms with E-state index in [4.69, 9.17) is 14.2 Å². The zero-order valence-electron chi connectivity index (χ0n) is 14.7. The minimum absolute atomic E-state index is 0.0251. The van der Waals surface area contributed by atoms with Crippen molar-refractivity contribution < 1.29 is 37.3 Å². The second-order valence-corrected chi connectivity index (χ2v) is 6.03. The molecule has 1 aliphatic heterocycles. The summed E-state index contributed by atoms with van der Waals surface area (Å²) in [6.45, 7) is 0.283. The SMILES string of the molecule is O=C(NCC(O)COc1cccc(C(F)(F)F)c1)c1cccc2c1OCCO2. The lowest BCUT2D eigenvalue weighted by atomic mass is 10.1. The molecule has 0 saturated heterocycles. The van der Waals surface area contributed by atoms with Crippen LogP contribution in [0.2, 0.25) is 0 Å². The van der Waals surface area contributed by atoms with Gasteiger partial charge in [-0.2, -0.15) is 13.2 Å². The molecule has 0 radical (unpaired) electrons. The van der Waals surface area contributed by atoms with Crippen LogP contribution in [-0.4, -0.2) is 43.5 Å². The van der Waals surface area contributed by atoms with Gasteiger partial charge < -0.3 is 24.6 Å². The predicted molar refractivity (Wildman–Crippen MR) is 92.7 cm³/mol. The Morgan fingerprint density at radius 1 is 1.18 bits per heavy atom. The van der Waals surface area contributed by atoms with E-state index in [0.29, 0.717) is 24.7 Å². The third-order valence-corrected chi connectivity index (χ3v) is 3.91. The second-order valence-electron chi connectivity index (χ2n) is 6.03. The van der Waals surface area contributed by atoms with Gasteiger partial charge in [0.1, 0.15) is 31.7 Å². The number of nitrogens with one attached hydrogen (secondary N) is 1. The molecule has 0 aromatic heterocycles. The number of hydrogen-bond donors (Lipinski definition) is 2. The van der Waals surface area contributed by atoms with E-state index in [-0.39, 0.29) is 24.5 Å². The predicted octanol–water partition coefficient (Wildman–Crippen LogP) is 2.65. The fourth-order valence-electron chi connectivity index (χ4n) is 2.57. The number of para-hydroxylation sites is 1.